The Morgan fingerprint density at radius 1 is 1.13 bits per heavy atom. The van der Waals surface area contributed by atoms with E-state index in [9.17, 15) is 9.90 Å². The van der Waals surface area contributed by atoms with Gasteiger partial charge in [0.15, 0.2) is 0 Å². The minimum atomic E-state index is -0.515. The molecule has 3 aromatic rings. The van der Waals surface area contributed by atoms with Crippen molar-refractivity contribution in [3.63, 3.8) is 0 Å². The van der Waals surface area contributed by atoms with Crippen LogP contribution in [0.2, 0.25) is 0 Å². The number of hydrogen-bond acceptors (Lipinski definition) is 4. The summed E-state index contributed by atoms with van der Waals surface area (Å²) >= 11 is 1.57. The van der Waals surface area contributed by atoms with E-state index in [-0.39, 0.29) is 5.56 Å². The van der Waals surface area contributed by atoms with E-state index in [0.29, 0.717) is 16.9 Å². The molecule has 3 rings (SSSR count). The molecule has 1 unspecified atom stereocenters. The fraction of sp³-hybridized carbons (Fsp3) is 0.222. The Morgan fingerprint density at radius 3 is 2.61 bits per heavy atom. The molecule has 5 heteroatoms. The molecule has 0 saturated carbocycles. The van der Waals surface area contributed by atoms with Gasteiger partial charge in [0.25, 0.3) is 5.56 Å². The largest absolute Gasteiger partial charge is 0.388 e. The molecule has 0 saturated heterocycles. The number of aromatic nitrogens is 2. The van der Waals surface area contributed by atoms with Gasteiger partial charge in [0.1, 0.15) is 5.82 Å². The molecule has 1 heterocycles. The highest BCUT2D eigenvalue weighted by atomic mass is 32.2. The van der Waals surface area contributed by atoms with Crippen molar-refractivity contribution in [3.05, 3.63) is 76.3 Å². The molecule has 23 heavy (non-hydrogen) atoms. The number of rotatable bonds is 5. The average Bonchev–Trinajstić information content (AvgIpc) is 2.60. The second kappa shape index (κ2) is 6.98. The van der Waals surface area contributed by atoms with Crippen molar-refractivity contribution < 1.29 is 5.11 Å². The maximum atomic E-state index is 12.3. The molecule has 0 bridgehead atoms. The summed E-state index contributed by atoms with van der Waals surface area (Å²) in [5.74, 6) is 1.87. The highest BCUT2D eigenvalue weighted by Crippen LogP contribution is 2.20. The lowest BCUT2D eigenvalue weighted by molar-refractivity contribution is 0.204. The normalized spacial score (nSPS) is 12.4. The smallest absolute Gasteiger partial charge is 0.261 e. The van der Waals surface area contributed by atoms with Gasteiger partial charge in [-0.1, -0.05) is 42.5 Å². The highest BCUT2D eigenvalue weighted by Gasteiger charge is 2.10. The van der Waals surface area contributed by atoms with Crippen LogP contribution in [0.25, 0.3) is 10.9 Å². The molecule has 1 N–H and O–H groups in total. The summed E-state index contributed by atoms with van der Waals surface area (Å²) in [4.78, 5) is 16.9. The second-order valence-corrected chi connectivity index (χ2v) is 6.38. The lowest BCUT2D eigenvalue weighted by Crippen LogP contribution is -2.22. The van der Waals surface area contributed by atoms with Gasteiger partial charge in [0, 0.05) is 12.8 Å². The summed E-state index contributed by atoms with van der Waals surface area (Å²) in [5.41, 5.74) is 1.59. The number of hydrogen-bond donors (Lipinski definition) is 1. The van der Waals surface area contributed by atoms with Gasteiger partial charge in [0.05, 0.1) is 22.8 Å². The Bertz CT molecular complexity index is 862. The van der Waals surface area contributed by atoms with E-state index < -0.39 is 6.10 Å². The molecule has 0 fully saturated rings. The van der Waals surface area contributed by atoms with Gasteiger partial charge in [-0.15, -0.1) is 0 Å². The molecule has 118 valence electrons. The van der Waals surface area contributed by atoms with E-state index in [2.05, 4.69) is 4.98 Å². The topological polar surface area (TPSA) is 55.1 Å². The van der Waals surface area contributed by atoms with Crippen LogP contribution in [0, 0.1) is 0 Å². The van der Waals surface area contributed by atoms with Crippen LogP contribution in [0.15, 0.2) is 59.4 Å². The van der Waals surface area contributed by atoms with Gasteiger partial charge >= 0.3 is 0 Å². The Kier molecular flexibility index (Phi) is 4.79. The third-order valence-corrected chi connectivity index (χ3v) is 4.78. The maximum Gasteiger partial charge on any atom is 0.261 e. The van der Waals surface area contributed by atoms with Crippen LogP contribution < -0.4 is 5.56 Å². The molecule has 0 amide bonds. The maximum absolute atomic E-state index is 12.3. The molecule has 4 nitrogen and oxygen atoms in total. The lowest BCUT2D eigenvalue weighted by atomic mass is 10.1. The minimum absolute atomic E-state index is 0.0326. The summed E-state index contributed by atoms with van der Waals surface area (Å²) in [5, 5.41) is 10.8. The molecular weight excluding hydrogens is 308 g/mol. The van der Waals surface area contributed by atoms with Gasteiger partial charge in [-0.3, -0.25) is 9.36 Å². The van der Waals surface area contributed by atoms with Crippen molar-refractivity contribution in [1.82, 2.24) is 9.55 Å². The predicted octanol–water partition coefficient (Wildman–Crippen LogP) is 2.90. The number of aliphatic hydroxyl groups excluding tert-OH is 1. The number of thioether (sulfide) groups is 1. The Hall–Kier alpha value is -2.11. The number of benzene rings is 2. The molecular formula is C18H18N2O2S. The van der Waals surface area contributed by atoms with E-state index in [1.807, 2.05) is 48.5 Å². The minimum Gasteiger partial charge on any atom is -0.388 e. The summed E-state index contributed by atoms with van der Waals surface area (Å²) in [6.07, 6.45) is -0.515. The molecule has 0 aliphatic heterocycles. The van der Waals surface area contributed by atoms with Crippen molar-refractivity contribution in [1.29, 1.82) is 0 Å². The van der Waals surface area contributed by atoms with Crippen molar-refractivity contribution in [3.8, 4) is 0 Å². The fourth-order valence-electron chi connectivity index (χ4n) is 2.43. The van der Waals surface area contributed by atoms with Gasteiger partial charge in [-0.05, 0) is 17.7 Å². The predicted molar refractivity (Wildman–Crippen MR) is 94.5 cm³/mol. The summed E-state index contributed by atoms with van der Waals surface area (Å²) in [6, 6.07) is 16.9. The van der Waals surface area contributed by atoms with Crippen LogP contribution in [0.3, 0.4) is 0 Å². The summed E-state index contributed by atoms with van der Waals surface area (Å²) in [7, 11) is 1.74. The standard InChI is InChI=1S/C18H18N2O2S/c1-20-17(19-15-10-6-5-9-14(15)18(20)22)12-23-11-16(21)13-7-3-2-4-8-13/h2-10,16,21H,11-12H2,1H3. The number of aliphatic hydroxyl groups is 1. The SMILES string of the molecule is Cn1c(CSCC(O)c2ccccc2)nc2ccccc2c1=O. The third-order valence-electron chi connectivity index (χ3n) is 3.77. The first-order valence-corrected chi connectivity index (χ1v) is 8.57. The first kappa shape index (κ1) is 15.8. The van der Waals surface area contributed by atoms with E-state index in [0.717, 1.165) is 16.9 Å². The molecule has 2 aromatic carbocycles. The van der Waals surface area contributed by atoms with Crippen molar-refractivity contribution in [2.24, 2.45) is 7.05 Å². The number of fused-ring (bicyclic) bond motifs is 1. The molecule has 1 aromatic heterocycles. The van der Waals surface area contributed by atoms with Crippen LogP contribution >= 0.6 is 11.8 Å². The van der Waals surface area contributed by atoms with Crippen LogP contribution in [-0.4, -0.2) is 20.4 Å². The van der Waals surface area contributed by atoms with Gasteiger partial charge < -0.3 is 5.11 Å². The first-order chi connectivity index (χ1) is 11.2. The first-order valence-electron chi connectivity index (χ1n) is 7.42. The van der Waals surface area contributed by atoms with Crippen LogP contribution in [-0.2, 0) is 12.8 Å². The zero-order valence-electron chi connectivity index (χ0n) is 12.8. The highest BCUT2D eigenvalue weighted by molar-refractivity contribution is 7.98. The quantitative estimate of drug-likeness (QED) is 0.783. The van der Waals surface area contributed by atoms with Gasteiger partial charge in [-0.25, -0.2) is 4.98 Å². The van der Waals surface area contributed by atoms with Gasteiger partial charge in [0.2, 0.25) is 0 Å². The lowest BCUT2D eigenvalue weighted by Gasteiger charge is -2.12. The zero-order valence-corrected chi connectivity index (χ0v) is 13.7. The average molecular weight is 326 g/mol. The molecule has 1 atom stereocenters. The van der Waals surface area contributed by atoms with Crippen LogP contribution in [0.1, 0.15) is 17.5 Å². The number of nitrogens with zero attached hydrogens (tertiary/aromatic N) is 2. The monoisotopic (exact) mass is 326 g/mol. The van der Waals surface area contributed by atoms with E-state index in [1.165, 1.54) is 0 Å². The fourth-order valence-corrected chi connectivity index (χ4v) is 3.40. The summed E-state index contributed by atoms with van der Waals surface area (Å²) < 4.78 is 1.59. The van der Waals surface area contributed by atoms with E-state index in [4.69, 9.17) is 0 Å². The van der Waals surface area contributed by atoms with Crippen molar-refractivity contribution in [2.45, 2.75) is 11.9 Å². The molecule has 0 aliphatic rings. The van der Waals surface area contributed by atoms with Crippen molar-refractivity contribution in [2.75, 3.05) is 5.75 Å². The second-order valence-electron chi connectivity index (χ2n) is 5.35. The zero-order chi connectivity index (χ0) is 16.2. The Balaban J connectivity index is 1.72. The molecule has 0 radical (unpaired) electrons. The number of para-hydroxylation sites is 1. The van der Waals surface area contributed by atoms with E-state index >= 15 is 0 Å². The van der Waals surface area contributed by atoms with Crippen LogP contribution in [0.5, 0.6) is 0 Å². The third kappa shape index (κ3) is 3.46. The van der Waals surface area contributed by atoms with E-state index in [1.54, 1.807) is 29.4 Å². The molecule has 0 spiro atoms. The molecule has 0 aliphatic carbocycles. The Labute approximate surface area is 138 Å². The van der Waals surface area contributed by atoms with Gasteiger partial charge in [-0.2, -0.15) is 11.8 Å². The van der Waals surface area contributed by atoms with Crippen molar-refractivity contribution >= 4 is 22.7 Å². The Morgan fingerprint density at radius 2 is 1.83 bits per heavy atom. The summed E-state index contributed by atoms with van der Waals surface area (Å²) in [6.45, 7) is 0. The van der Waals surface area contributed by atoms with Crippen LogP contribution in [0.4, 0.5) is 0 Å².